The first-order chi connectivity index (χ1) is 30.3. The number of phenols is 3. The second kappa shape index (κ2) is 19.7. The SMILES string of the molecule is CCCCCc1cn(CCCN2Cc3c4c(O)c5c(O)c(C)c6c(c5c3O)C(=O)[C@@](C)(O/C=C/[C@H](OC)[C@@H](C)[C@@H](OC(C)=O)[C@H](C)[C@H](O)[C@H](C)[C@@H](O)[C@@H](C)/C=C/C=C(/C)C2=N4)O6)nn1. The molecule has 0 saturated heterocycles. The number of aliphatic hydroxyl groups is 2. The number of amidine groups is 1. The first-order valence-electron chi connectivity index (χ1n) is 22.3. The summed E-state index contributed by atoms with van der Waals surface area (Å²) in [6.07, 6.45) is 11.2. The molecule has 2 aromatic carbocycles. The predicted octanol–water partition coefficient (Wildman–Crippen LogP) is 7.08. The molecule has 16 nitrogen and oxygen atoms in total. The fourth-order valence-electron chi connectivity index (χ4n) is 9.20. The highest BCUT2D eigenvalue weighted by atomic mass is 16.7. The van der Waals surface area contributed by atoms with Gasteiger partial charge in [0.2, 0.25) is 0 Å². The minimum absolute atomic E-state index is 0.0182. The molecule has 8 rings (SSSR count). The summed E-state index contributed by atoms with van der Waals surface area (Å²) in [6, 6.07) is 0. The number of aromatic nitrogens is 3. The average Bonchev–Trinajstić information content (AvgIpc) is 3.83. The summed E-state index contributed by atoms with van der Waals surface area (Å²) in [5.74, 6) is -6.20. The number of benzene rings is 2. The normalized spacial score (nSPS) is 29.3. The zero-order valence-electron chi connectivity index (χ0n) is 38.7. The highest BCUT2D eigenvalue weighted by Crippen LogP contribution is 2.56. The number of aliphatic hydroxyl groups excluding tert-OH is 2. The Bertz CT molecular complexity index is 2350. The van der Waals surface area contributed by atoms with E-state index in [1.165, 1.54) is 40.2 Å². The molecule has 64 heavy (non-hydrogen) atoms. The largest absolute Gasteiger partial charge is 0.507 e. The van der Waals surface area contributed by atoms with Gasteiger partial charge in [0.25, 0.3) is 5.78 Å². The van der Waals surface area contributed by atoms with Crippen LogP contribution in [0.5, 0.6) is 23.0 Å². The maximum absolute atomic E-state index is 14.5. The zero-order chi connectivity index (χ0) is 46.8. The minimum atomic E-state index is -1.98. The molecule has 0 aliphatic carbocycles. The highest BCUT2D eigenvalue weighted by molar-refractivity contribution is 6.21. The van der Waals surface area contributed by atoms with Crippen molar-refractivity contribution in [1.82, 2.24) is 19.9 Å². The van der Waals surface area contributed by atoms with E-state index in [-0.39, 0.29) is 51.2 Å². The Kier molecular flexibility index (Phi) is 14.8. The van der Waals surface area contributed by atoms with E-state index in [1.807, 2.05) is 41.8 Å². The number of ether oxygens (including phenoxy) is 4. The number of esters is 1. The molecule has 1 aromatic heterocycles. The lowest BCUT2D eigenvalue weighted by Crippen LogP contribution is -2.46. The molecule has 0 radical (unpaired) electrons. The Balaban J connectivity index is 1.46. The zero-order valence-corrected chi connectivity index (χ0v) is 38.7. The number of carbonyl (C=O) groups excluding carboxylic acids is 2. The summed E-state index contributed by atoms with van der Waals surface area (Å²) in [5.41, 5.74) is 1.99. The number of methoxy groups -OCH3 is 1. The van der Waals surface area contributed by atoms with E-state index < -0.39 is 77.1 Å². The topological polar surface area (TPSA) is 219 Å². The number of hydrogen-bond donors (Lipinski definition) is 5. The Morgan fingerprint density at radius 3 is 2.38 bits per heavy atom. The summed E-state index contributed by atoms with van der Waals surface area (Å²) in [6.45, 7) is 16.5. The van der Waals surface area contributed by atoms with Crippen LogP contribution in [-0.4, -0.2) is 107 Å². The van der Waals surface area contributed by atoms with Crippen molar-refractivity contribution in [3.63, 3.8) is 0 Å². The van der Waals surface area contributed by atoms with Gasteiger partial charge in [-0.3, -0.25) is 14.3 Å². The molecule has 0 spiro atoms. The third-order valence-electron chi connectivity index (χ3n) is 13.1. The monoisotopic (exact) mass is 887 g/mol. The van der Waals surface area contributed by atoms with Gasteiger partial charge in [0, 0.05) is 80.4 Å². The number of Topliss-reactive ketones (excluding diaryl/α,β-unsaturated/α-hetero) is 1. The van der Waals surface area contributed by atoms with Crippen LogP contribution >= 0.6 is 0 Å². The van der Waals surface area contributed by atoms with Gasteiger partial charge in [0.1, 0.15) is 34.9 Å². The molecule has 7 bridgehead atoms. The molecule has 0 fully saturated rings. The highest BCUT2D eigenvalue weighted by Gasteiger charge is 2.50. The second-order valence-electron chi connectivity index (χ2n) is 17.8. The average molecular weight is 888 g/mol. The Labute approximate surface area is 374 Å². The summed E-state index contributed by atoms with van der Waals surface area (Å²) in [5, 5.41) is 67.5. The number of phenolic OH excluding ortho intramolecular Hbond substituents is 3. The summed E-state index contributed by atoms with van der Waals surface area (Å²) < 4.78 is 25.6. The van der Waals surface area contributed by atoms with E-state index in [2.05, 4.69) is 17.2 Å². The molecule has 0 saturated carbocycles. The third kappa shape index (κ3) is 9.36. The molecule has 0 unspecified atom stereocenters. The van der Waals surface area contributed by atoms with Crippen LogP contribution in [0.4, 0.5) is 5.69 Å². The number of hydrogen-bond acceptors (Lipinski definition) is 15. The van der Waals surface area contributed by atoms with E-state index in [0.717, 1.165) is 31.4 Å². The standard InChI is InChI=1S/C48H65N5O11/c1-11-12-13-18-32-23-53(51-50-32)21-15-20-52-24-33-38-43(59)36-35(42(33)58)37-45(30(7)41(36)57)64-48(9,46(37)60)62-22-19-34(61-10)27(4)44(63-31(8)54)29(6)40(56)28(5)39(55)25(2)16-14-17-26(3)47(52)49-38/h14,16-17,19,22-23,25,27-29,34,39-40,44,55-59H,11-13,15,18,20-21,24H2,1-10H3/b16-14+,22-19+,26-17-/t25-,27+,28+,29+,34-,39-,40+,44+,48-/m0/s1. The van der Waals surface area contributed by atoms with E-state index in [1.54, 1.807) is 26.8 Å². The summed E-state index contributed by atoms with van der Waals surface area (Å²) in [7, 11) is 1.46. The lowest BCUT2D eigenvalue weighted by atomic mass is 9.78. The number of aromatic hydroxyl groups is 3. The van der Waals surface area contributed by atoms with Crippen LogP contribution in [0.3, 0.4) is 0 Å². The third-order valence-corrected chi connectivity index (χ3v) is 13.1. The molecule has 348 valence electrons. The predicted molar refractivity (Wildman–Crippen MR) is 241 cm³/mol. The maximum atomic E-state index is 14.5. The van der Waals surface area contributed by atoms with Crippen molar-refractivity contribution < 1.29 is 54.1 Å². The van der Waals surface area contributed by atoms with Crippen LogP contribution in [0.1, 0.15) is 108 Å². The fourth-order valence-corrected chi connectivity index (χ4v) is 9.20. The van der Waals surface area contributed by atoms with Gasteiger partial charge in [-0.15, -0.1) is 5.10 Å². The van der Waals surface area contributed by atoms with Crippen molar-refractivity contribution in [2.75, 3.05) is 13.7 Å². The number of aliphatic imine (C=N–C) groups is 1. The van der Waals surface area contributed by atoms with Crippen molar-refractivity contribution >= 4 is 34.0 Å². The number of ketones is 1. The van der Waals surface area contributed by atoms with Gasteiger partial charge in [-0.1, -0.05) is 70.9 Å². The van der Waals surface area contributed by atoms with Gasteiger partial charge >= 0.3 is 11.8 Å². The number of carbonyl (C=O) groups is 2. The first-order valence-corrected chi connectivity index (χ1v) is 22.3. The summed E-state index contributed by atoms with van der Waals surface area (Å²) >= 11 is 0. The van der Waals surface area contributed by atoms with Gasteiger partial charge < -0.3 is 49.4 Å². The molecule has 16 heteroatoms. The number of allylic oxidation sites excluding steroid dienone is 2. The smallest absolute Gasteiger partial charge is 0.312 e. The summed E-state index contributed by atoms with van der Waals surface area (Å²) in [4.78, 5) is 33.8. The van der Waals surface area contributed by atoms with Crippen molar-refractivity contribution in [1.29, 1.82) is 0 Å². The lowest BCUT2D eigenvalue weighted by molar-refractivity contribution is -0.160. The number of fused-ring (bicyclic) bond motifs is 1. The second-order valence-corrected chi connectivity index (χ2v) is 17.8. The molecule has 5 aliphatic rings. The maximum Gasteiger partial charge on any atom is 0.312 e. The molecule has 9 atom stereocenters. The van der Waals surface area contributed by atoms with Crippen LogP contribution in [0, 0.1) is 30.6 Å². The van der Waals surface area contributed by atoms with Gasteiger partial charge in [-0.2, -0.15) is 0 Å². The van der Waals surface area contributed by atoms with Crippen molar-refractivity contribution in [2.24, 2.45) is 28.7 Å². The van der Waals surface area contributed by atoms with Crippen molar-refractivity contribution in [3.05, 3.63) is 64.7 Å². The van der Waals surface area contributed by atoms with E-state index in [4.69, 9.17) is 23.9 Å². The molecule has 3 aromatic rings. The molecule has 5 N–H and O–H groups in total. The number of aryl methyl sites for hydroxylation is 2. The van der Waals surface area contributed by atoms with Gasteiger partial charge in [0.15, 0.2) is 5.75 Å². The first kappa shape index (κ1) is 48.0. The van der Waals surface area contributed by atoms with E-state index in [0.29, 0.717) is 30.9 Å². The fraction of sp³-hybridized carbons (Fsp3) is 0.562. The van der Waals surface area contributed by atoms with E-state index in [9.17, 15) is 35.1 Å². The van der Waals surface area contributed by atoms with Gasteiger partial charge in [0.05, 0.1) is 47.8 Å². The molecule has 6 heterocycles. The van der Waals surface area contributed by atoms with Gasteiger partial charge in [-0.25, -0.2) is 4.99 Å². The van der Waals surface area contributed by atoms with Crippen molar-refractivity contribution in [2.45, 2.75) is 138 Å². The van der Waals surface area contributed by atoms with Crippen LogP contribution in [-0.2, 0) is 38.5 Å². The molecule has 5 aliphatic heterocycles. The van der Waals surface area contributed by atoms with Gasteiger partial charge in [-0.05, 0) is 44.8 Å². The molecular formula is C48H65N5O11. The Hall–Kier alpha value is -5.45. The van der Waals surface area contributed by atoms with Crippen LogP contribution in [0.25, 0.3) is 10.8 Å². The molecular weight excluding hydrogens is 823 g/mol. The number of unbranched alkanes of at least 4 members (excludes halogenated alkanes) is 2. The number of rotatable bonds is 10. The number of nitrogens with zero attached hydrogens (tertiary/aromatic N) is 5. The van der Waals surface area contributed by atoms with Crippen LogP contribution in [0.2, 0.25) is 0 Å². The van der Waals surface area contributed by atoms with Crippen LogP contribution < -0.4 is 4.74 Å². The van der Waals surface area contributed by atoms with E-state index >= 15 is 0 Å². The molecule has 0 amide bonds. The van der Waals surface area contributed by atoms with Crippen LogP contribution in [0.15, 0.2) is 47.3 Å². The van der Waals surface area contributed by atoms with Crippen molar-refractivity contribution in [3.8, 4) is 23.0 Å². The quantitative estimate of drug-likeness (QED) is 0.0781. The lowest BCUT2D eigenvalue weighted by Gasteiger charge is -2.38. The Morgan fingerprint density at radius 1 is 0.953 bits per heavy atom. The minimum Gasteiger partial charge on any atom is -0.507 e. The Morgan fingerprint density at radius 2 is 1.69 bits per heavy atom.